The molecule has 8 heterocycles. The molecule has 0 amide bonds. The summed E-state index contributed by atoms with van der Waals surface area (Å²) in [5.74, 6) is 8.70. The number of hydrogen-bond donors (Lipinski definition) is 8. The zero-order valence-electron chi connectivity index (χ0n) is 50.0. The Hall–Kier alpha value is -6.35. The van der Waals surface area contributed by atoms with Crippen molar-refractivity contribution in [3.05, 3.63) is 146 Å². The molecular weight excluding hydrogens is 1030 g/mol. The van der Waals surface area contributed by atoms with E-state index in [1.165, 1.54) is 0 Å². The highest BCUT2D eigenvalue weighted by Gasteiger charge is 2.06. The highest BCUT2D eigenvalue weighted by atomic mass is 35.5. The maximum Gasteiger partial charge on any atom is 0.122 e. The lowest BCUT2D eigenvalue weighted by Gasteiger charge is -2.08. The molecule has 0 spiro atoms. The molecule has 0 atom stereocenters. The van der Waals surface area contributed by atoms with Crippen molar-refractivity contribution >= 4 is 12.4 Å². The van der Waals surface area contributed by atoms with Gasteiger partial charge in [0.1, 0.15) is 46.6 Å². The van der Waals surface area contributed by atoms with Crippen molar-refractivity contribution in [2.45, 2.75) is 172 Å². The van der Waals surface area contributed by atoms with Gasteiger partial charge in [0.05, 0.1) is 26.2 Å². The van der Waals surface area contributed by atoms with E-state index in [0.717, 1.165) is 138 Å². The molecule has 0 aliphatic carbocycles. The Morgan fingerprint density at radius 2 is 0.787 bits per heavy atom. The van der Waals surface area contributed by atoms with E-state index >= 15 is 0 Å². The van der Waals surface area contributed by atoms with E-state index in [-0.39, 0.29) is 12.4 Å². The molecule has 0 fully saturated rings. The summed E-state index contributed by atoms with van der Waals surface area (Å²) in [5.41, 5.74) is 43.1. The SMILES string of the molecule is CC(C)c1nccn1CCCN.CC(C)n1ccnc1CN.CCCn1ccnc1CN.CCc1nccn1CCCN.CCn1ccnc1CN.Cc1nccn1CCCN.Cc1nccn1CCN.Cl.Cn1ccnc1CN. The van der Waals surface area contributed by atoms with Crippen molar-refractivity contribution in [1.82, 2.24) is 76.4 Å². The summed E-state index contributed by atoms with van der Waals surface area (Å²) >= 11 is 0. The van der Waals surface area contributed by atoms with Gasteiger partial charge in [-0.05, 0) is 79.9 Å². The molecule has 16 N–H and O–H groups in total. The molecule has 0 radical (unpaired) electrons. The molecule has 0 bridgehead atoms. The van der Waals surface area contributed by atoms with E-state index in [1.807, 2.05) is 103 Å². The van der Waals surface area contributed by atoms with Crippen molar-refractivity contribution in [2.24, 2.45) is 52.9 Å². The minimum Gasteiger partial charge on any atom is -0.337 e. The Kier molecular flexibility index (Phi) is 41.8. The van der Waals surface area contributed by atoms with E-state index in [2.05, 4.69) is 111 Å². The van der Waals surface area contributed by atoms with Gasteiger partial charge in [-0.1, -0.05) is 27.7 Å². The number of imidazole rings is 8. The summed E-state index contributed by atoms with van der Waals surface area (Å²) < 4.78 is 16.6. The lowest BCUT2D eigenvalue weighted by Crippen LogP contribution is -2.09. The zero-order valence-corrected chi connectivity index (χ0v) is 50.8. The first-order chi connectivity index (χ1) is 38.2. The summed E-state index contributed by atoms with van der Waals surface area (Å²) in [4.78, 5) is 32.8. The number of rotatable bonds is 21. The van der Waals surface area contributed by atoms with Gasteiger partial charge in [0.25, 0.3) is 0 Å². The summed E-state index contributed by atoms with van der Waals surface area (Å²) in [6.07, 6.45) is 35.2. The van der Waals surface area contributed by atoms with Crippen LogP contribution in [0, 0.1) is 13.8 Å². The number of nitrogens with zero attached hydrogens (tertiary/aromatic N) is 16. The van der Waals surface area contributed by atoms with Crippen molar-refractivity contribution in [1.29, 1.82) is 0 Å². The second-order valence-electron chi connectivity index (χ2n) is 18.4. The van der Waals surface area contributed by atoms with Crippen molar-refractivity contribution < 1.29 is 0 Å². The van der Waals surface area contributed by atoms with Crippen LogP contribution in [0.5, 0.6) is 0 Å². The van der Waals surface area contributed by atoms with Crippen LogP contribution in [0.4, 0.5) is 0 Å². The van der Waals surface area contributed by atoms with Gasteiger partial charge in [0, 0.05) is 170 Å². The van der Waals surface area contributed by atoms with Gasteiger partial charge in [-0.3, -0.25) is 0 Å². The average molecular weight is 1140 g/mol. The number of aryl methyl sites for hydroxylation is 9. The molecule has 8 aromatic rings. The Balaban J connectivity index is 0.000000892. The predicted molar refractivity (Wildman–Crippen MR) is 327 cm³/mol. The first kappa shape index (κ1) is 73.7. The third kappa shape index (κ3) is 28.7. The zero-order chi connectivity index (χ0) is 58.8. The van der Waals surface area contributed by atoms with Crippen LogP contribution in [0.2, 0.25) is 0 Å². The molecule has 0 aliphatic heterocycles. The summed E-state index contributed by atoms with van der Waals surface area (Å²) in [7, 11) is 1.93. The first-order valence-electron chi connectivity index (χ1n) is 27.7. The van der Waals surface area contributed by atoms with Crippen molar-refractivity contribution in [2.75, 3.05) is 26.2 Å². The molecule has 25 heteroatoms. The van der Waals surface area contributed by atoms with Crippen LogP contribution in [-0.4, -0.2) is 103 Å². The Morgan fingerprint density at radius 3 is 1.18 bits per heavy atom. The molecule has 8 aromatic heterocycles. The molecule has 24 nitrogen and oxygen atoms in total. The fourth-order valence-corrected chi connectivity index (χ4v) is 7.43. The summed E-state index contributed by atoms with van der Waals surface area (Å²) in [6.45, 7) is 29.7. The number of halogens is 1. The number of hydrogen-bond acceptors (Lipinski definition) is 16. The van der Waals surface area contributed by atoms with Gasteiger partial charge < -0.3 is 82.4 Å². The second-order valence-corrected chi connectivity index (χ2v) is 18.4. The molecule has 0 aliphatic rings. The highest BCUT2D eigenvalue weighted by molar-refractivity contribution is 5.85. The Morgan fingerprint density at radius 1 is 0.400 bits per heavy atom. The minimum atomic E-state index is 0. The molecule has 0 saturated heterocycles. The molecule has 0 aromatic carbocycles. The second kappa shape index (κ2) is 45.4. The fraction of sp³-hybridized carbons (Fsp3) is 0.564. The van der Waals surface area contributed by atoms with Gasteiger partial charge in [-0.25, -0.2) is 39.9 Å². The lowest BCUT2D eigenvalue weighted by molar-refractivity contribution is 0.569. The van der Waals surface area contributed by atoms with Crippen LogP contribution in [0.1, 0.15) is 133 Å². The smallest absolute Gasteiger partial charge is 0.122 e. The van der Waals surface area contributed by atoms with Crippen LogP contribution in [0.3, 0.4) is 0 Å². The van der Waals surface area contributed by atoms with E-state index < -0.39 is 0 Å². The largest absolute Gasteiger partial charge is 0.337 e. The molecular formula is C55H103ClN24. The van der Waals surface area contributed by atoms with Crippen LogP contribution < -0.4 is 45.9 Å². The molecule has 450 valence electrons. The van der Waals surface area contributed by atoms with E-state index in [1.54, 1.807) is 31.0 Å². The topological polar surface area (TPSA) is 351 Å². The van der Waals surface area contributed by atoms with E-state index in [9.17, 15) is 0 Å². The normalized spacial score (nSPS) is 10.2. The van der Waals surface area contributed by atoms with Gasteiger partial charge in [0.15, 0.2) is 0 Å². The average Bonchev–Trinajstić information content (AvgIpc) is 4.32. The van der Waals surface area contributed by atoms with E-state index in [0.29, 0.717) is 44.7 Å². The monoisotopic (exact) mass is 1130 g/mol. The molecule has 0 unspecified atom stereocenters. The third-order valence-corrected chi connectivity index (χ3v) is 11.8. The van der Waals surface area contributed by atoms with Crippen LogP contribution >= 0.6 is 12.4 Å². The maximum atomic E-state index is 5.45. The lowest BCUT2D eigenvalue weighted by atomic mass is 10.2. The first-order valence-corrected chi connectivity index (χ1v) is 27.7. The van der Waals surface area contributed by atoms with Gasteiger partial charge in [0.2, 0.25) is 0 Å². The standard InChI is InChI=1S/C9H17N3.C8H15N3.3C7H13N3.2C6H11N3.C5H9N3.ClH/c1-8(2)9-11-5-7-12(9)6-3-4-10;1-2-8-10-5-7-11(8)6-3-4-9;1-6(2)10-4-3-9-7(10)5-8;1-7-9-4-6-10(7)5-2-3-8;1-2-4-10-5-3-9-7(10)6-8;1-6-8-3-5-9(6)4-2-7;1-2-9-4-3-8-6(9)5-7;1-8-3-2-7-5(8)4-6;/h5,7-8H,3-4,6,10H2,1-2H3;5,7H,2-4,6,9H2,1H3;3-4,6H,5,8H2,1-2H3;4,6H,2-3,5,8H2,1H3;3,5H,2,4,6,8H2,1H3;3,5H,2,4,7H2,1H3;3-4H,2,5,7H2,1H3;2-3H,4,6H2,1H3;1H. The summed E-state index contributed by atoms with van der Waals surface area (Å²) in [6, 6.07) is 0.459. The molecule has 8 rings (SSSR count). The van der Waals surface area contributed by atoms with Crippen LogP contribution in [0.25, 0.3) is 0 Å². The van der Waals surface area contributed by atoms with Crippen molar-refractivity contribution in [3.8, 4) is 0 Å². The van der Waals surface area contributed by atoms with Crippen LogP contribution in [0.15, 0.2) is 99.1 Å². The van der Waals surface area contributed by atoms with Gasteiger partial charge in [-0.2, -0.15) is 0 Å². The Bertz CT molecular complexity index is 2600. The van der Waals surface area contributed by atoms with Gasteiger partial charge >= 0.3 is 0 Å². The molecule has 80 heavy (non-hydrogen) atoms. The third-order valence-electron chi connectivity index (χ3n) is 11.8. The Labute approximate surface area is 483 Å². The van der Waals surface area contributed by atoms with Crippen molar-refractivity contribution in [3.63, 3.8) is 0 Å². The fourth-order valence-electron chi connectivity index (χ4n) is 7.43. The number of aromatic nitrogens is 16. The maximum absolute atomic E-state index is 5.45. The van der Waals surface area contributed by atoms with Gasteiger partial charge in [-0.15, -0.1) is 12.4 Å². The summed E-state index contributed by atoms with van der Waals surface area (Å²) in [5, 5.41) is 0. The highest BCUT2D eigenvalue weighted by Crippen LogP contribution is 2.12. The predicted octanol–water partition coefficient (Wildman–Crippen LogP) is 5.18. The quantitative estimate of drug-likeness (QED) is 0.0460. The van der Waals surface area contributed by atoms with Crippen LogP contribution in [-0.2, 0) is 78.9 Å². The number of nitrogens with two attached hydrogens (primary N) is 8. The van der Waals surface area contributed by atoms with E-state index in [4.69, 9.17) is 45.9 Å². The molecule has 0 saturated carbocycles. The minimum absolute atomic E-state index is 0.